The molecule has 0 saturated carbocycles. The highest BCUT2D eigenvalue weighted by molar-refractivity contribution is 5.66. The summed E-state index contributed by atoms with van der Waals surface area (Å²) in [6.45, 7) is 4.99. The lowest BCUT2D eigenvalue weighted by Gasteiger charge is -1.93. The van der Waals surface area contributed by atoms with Crippen molar-refractivity contribution >= 4 is 5.97 Å². The first-order valence-electron chi connectivity index (χ1n) is 4.55. The van der Waals surface area contributed by atoms with Gasteiger partial charge in [0.05, 0.1) is 0 Å². The molecule has 0 radical (unpaired) electrons. The maximum atomic E-state index is 9.37. The highest BCUT2D eigenvalue weighted by atomic mass is 16.4. The van der Waals surface area contributed by atoms with Crippen molar-refractivity contribution in [2.75, 3.05) is 13.6 Å². The Labute approximate surface area is 75.2 Å². The summed E-state index contributed by atoms with van der Waals surface area (Å²) < 4.78 is 0. The van der Waals surface area contributed by atoms with Crippen molar-refractivity contribution in [3.8, 4) is 0 Å². The first-order chi connectivity index (χ1) is 5.68. The zero-order valence-corrected chi connectivity index (χ0v) is 8.39. The molecule has 0 fully saturated rings. The molecule has 0 aromatic heterocycles. The molecule has 0 aliphatic carbocycles. The second kappa shape index (κ2) is 13.1. The Balaban J connectivity index is 0. The number of unbranched alkanes of at least 4 members (excludes halogenated alkanes) is 2. The van der Waals surface area contributed by atoms with E-state index in [4.69, 9.17) is 5.11 Å². The Morgan fingerprint density at radius 3 is 2.08 bits per heavy atom. The van der Waals surface area contributed by atoms with Crippen LogP contribution in [0.1, 0.15) is 39.5 Å². The summed E-state index contributed by atoms with van der Waals surface area (Å²) in [5.74, 6) is -0.745. The average Bonchev–Trinajstić information content (AvgIpc) is 2.07. The minimum absolute atomic E-state index is 0.222. The van der Waals surface area contributed by atoms with Crippen LogP contribution in [-0.2, 0) is 4.79 Å². The molecular formula is C9H21NO2. The van der Waals surface area contributed by atoms with Crippen molar-refractivity contribution < 1.29 is 9.90 Å². The van der Waals surface area contributed by atoms with Gasteiger partial charge in [-0.15, -0.1) is 0 Å². The molecule has 0 aromatic rings. The molecule has 12 heavy (non-hydrogen) atoms. The third kappa shape index (κ3) is 22.7. The molecule has 0 bridgehead atoms. The summed E-state index contributed by atoms with van der Waals surface area (Å²) >= 11 is 0. The number of carboxylic acid groups (broad SMARTS) is 1. The van der Waals surface area contributed by atoms with Gasteiger partial charge in [-0.3, -0.25) is 4.79 Å². The van der Waals surface area contributed by atoms with Gasteiger partial charge in [0.25, 0.3) is 0 Å². The van der Waals surface area contributed by atoms with E-state index in [1.54, 1.807) is 6.92 Å². The average molecular weight is 175 g/mol. The molecule has 0 saturated heterocycles. The molecular weight excluding hydrogens is 154 g/mol. The minimum Gasteiger partial charge on any atom is -0.481 e. The first kappa shape index (κ1) is 14.0. The van der Waals surface area contributed by atoms with Gasteiger partial charge in [0.15, 0.2) is 0 Å². The predicted octanol–water partition coefficient (Wildman–Crippen LogP) is 1.88. The summed E-state index contributed by atoms with van der Waals surface area (Å²) in [6, 6.07) is 0. The summed E-state index contributed by atoms with van der Waals surface area (Å²) in [5.41, 5.74) is 0. The van der Waals surface area contributed by atoms with Crippen molar-refractivity contribution in [1.82, 2.24) is 5.32 Å². The number of carbonyl (C=O) groups is 1. The zero-order chi connectivity index (χ0) is 9.82. The standard InChI is InChI=1S/C6H15N.C3H6O2/c1-3-4-5-6-7-2;1-2-3(4)5/h7H,3-6H2,1-2H3;2H2,1H3,(H,4,5). The van der Waals surface area contributed by atoms with Gasteiger partial charge >= 0.3 is 5.97 Å². The topological polar surface area (TPSA) is 49.3 Å². The molecule has 3 nitrogen and oxygen atoms in total. The molecule has 2 N–H and O–H groups in total. The summed E-state index contributed by atoms with van der Waals surface area (Å²) in [7, 11) is 2.00. The van der Waals surface area contributed by atoms with Crippen LogP contribution in [0.2, 0.25) is 0 Å². The van der Waals surface area contributed by atoms with Crippen molar-refractivity contribution in [2.24, 2.45) is 0 Å². The lowest BCUT2D eigenvalue weighted by atomic mass is 10.2. The highest BCUT2D eigenvalue weighted by Gasteiger charge is 1.81. The van der Waals surface area contributed by atoms with Crippen LogP contribution in [-0.4, -0.2) is 24.7 Å². The molecule has 0 atom stereocenters. The number of rotatable bonds is 5. The van der Waals surface area contributed by atoms with Gasteiger partial charge in [0.1, 0.15) is 0 Å². The van der Waals surface area contributed by atoms with Crippen LogP contribution in [0.5, 0.6) is 0 Å². The minimum atomic E-state index is -0.745. The summed E-state index contributed by atoms with van der Waals surface area (Å²) in [6.07, 6.45) is 4.23. The normalized spacial score (nSPS) is 8.58. The summed E-state index contributed by atoms with van der Waals surface area (Å²) in [4.78, 5) is 9.37. The van der Waals surface area contributed by atoms with Crippen LogP contribution in [0.4, 0.5) is 0 Å². The van der Waals surface area contributed by atoms with E-state index in [0.717, 1.165) is 0 Å². The highest BCUT2D eigenvalue weighted by Crippen LogP contribution is 1.89. The summed E-state index contributed by atoms with van der Waals surface area (Å²) in [5, 5.41) is 10.8. The molecule has 0 rings (SSSR count). The van der Waals surface area contributed by atoms with Crippen LogP contribution in [0, 0.1) is 0 Å². The van der Waals surface area contributed by atoms with Gasteiger partial charge in [0, 0.05) is 6.42 Å². The zero-order valence-electron chi connectivity index (χ0n) is 8.39. The molecule has 0 spiro atoms. The van der Waals surface area contributed by atoms with Crippen molar-refractivity contribution in [3.05, 3.63) is 0 Å². The predicted molar refractivity (Wildman–Crippen MR) is 51.4 cm³/mol. The van der Waals surface area contributed by atoms with Crippen LogP contribution in [0.3, 0.4) is 0 Å². The molecule has 0 amide bonds. The van der Waals surface area contributed by atoms with Gasteiger partial charge in [0.2, 0.25) is 0 Å². The molecule has 74 valence electrons. The van der Waals surface area contributed by atoms with E-state index >= 15 is 0 Å². The van der Waals surface area contributed by atoms with Crippen molar-refractivity contribution in [1.29, 1.82) is 0 Å². The monoisotopic (exact) mass is 175 g/mol. The Morgan fingerprint density at radius 2 is 1.83 bits per heavy atom. The van der Waals surface area contributed by atoms with E-state index in [1.165, 1.54) is 25.8 Å². The SMILES string of the molecule is CCC(=O)O.CCCCCNC. The third-order valence-corrected chi connectivity index (χ3v) is 1.33. The fourth-order valence-corrected chi connectivity index (χ4v) is 0.552. The van der Waals surface area contributed by atoms with Gasteiger partial charge in [-0.25, -0.2) is 0 Å². The Morgan fingerprint density at radius 1 is 1.33 bits per heavy atom. The lowest BCUT2D eigenvalue weighted by Crippen LogP contribution is -2.06. The molecule has 0 aliphatic rings. The molecule has 0 heterocycles. The molecule has 3 heteroatoms. The second-order valence-corrected chi connectivity index (χ2v) is 2.56. The van der Waals surface area contributed by atoms with Gasteiger partial charge in [-0.05, 0) is 20.0 Å². The fraction of sp³-hybridized carbons (Fsp3) is 0.889. The Bertz CT molecular complexity index is 90.5. The molecule has 0 unspecified atom stereocenters. The van der Waals surface area contributed by atoms with E-state index in [1.807, 2.05) is 7.05 Å². The van der Waals surface area contributed by atoms with E-state index in [9.17, 15) is 4.79 Å². The Kier molecular flexibility index (Phi) is 15.2. The fourth-order valence-electron chi connectivity index (χ4n) is 0.552. The van der Waals surface area contributed by atoms with Crippen LogP contribution >= 0.6 is 0 Å². The third-order valence-electron chi connectivity index (χ3n) is 1.33. The van der Waals surface area contributed by atoms with Crippen molar-refractivity contribution in [3.63, 3.8) is 0 Å². The maximum Gasteiger partial charge on any atom is 0.303 e. The van der Waals surface area contributed by atoms with Crippen LogP contribution in [0.15, 0.2) is 0 Å². The number of hydrogen-bond acceptors (Lipinski definition) is 2. The second-order valence-electron chi connectivity index (χ2n) is 2.56. The number of nitrogens with one attached hydrogen (secondary N) is 1. The Hall–Kier alpha value is -0.570. The van der Waals surface area contributed by atoms with E-state index in [0.29, 0.717) is 0 Å². The van der Waals surface area contributed by atoms with Crippen molar-refractivity contribution in [2.45, 2.75) is 39.5 Å². The van der Waals surface area contributed by atoms with E-state index < -0.39 is 5.97 Å². The van der Waals surface area contributed by atoms with Crippen LogP contribution < -0.4 is 5.32 Å². The smallest absolute Gasteiger partial charge is 0.303 e. The first-order valence-corrected chi connectivity index (χ1v) is 4.55. The quantitative estimate of drug-likeness (QED) is 0.627. The number of hydrogen-bond donors (Lipinski definition) is 2. The van der Waals surface area contributed by atoms with Gasteiger partial charge in [-0.1, -0.05) is 26.7 Å². The number of carboxylic acids is 1. The lowest BCUT2D eigenvalue weighted by molar-refractivity contribution is -0.136. The van der Waals surface area contributed by atoms with E-state index in [-0.39, 0.29) is 6.42 Å². The van der Waals surface area contributed by atoms with Gasteiger partial charge < -0.3 is 10.4 Å². The largest absolute Gasteiger partial charge is 0.481 e. The molecule has 0 aliphatic heterocycles. The van der Waals surface area contributed by atoms with Crippen LogP contribution in [0.25, 0.3) is 0 Å². The van der Waals surface area contributed by atoms with E-state index in [2.05, 4.69) is 12.2 Å². The number of aliphatic carboxylic acids is 1. The maximum absolute atomic E-state index is 9.37. The molecule has 0 aromatic carbocycles. The van der Waals surface area contributed by atoms with Gasteiger partial charge in [-0.2, -0.15) is 0 Å².